The predicted octanol–water partition coefficient (Wildman–Crippen LogP) is 1.64. The van der Waals surface area contributed by atoms with Gasteiger partial charge in [0.05, 0.1) is 0 Å². The molecule has 0 aliphatic heterocycles. The van der Waals surface area contributed by atoms with E-state index in [4.69, 9.17) is 0 Å². The molecule has 17 heavy (non-hydrogen) atoms. The molecule has 0 aliphatic carbocycles. The van der Waals surface area contributed by atoms with E-state index in [-0.39, 0.29) is 17.1 Å². The zero-order chi connectivity index (χ0) is 12.8. The van der Waals surface area contributed by atoms with Gasteiger partial charge < -0.3 is 9.79 Å². The van der Waals surface area contributed by atoms with Crippen LogP contribution in [0.1, 0.15) is 39.5 Å². The van der Waals surface area contributed by atoms with E-state index in [1.807, 2.05) is 13.8 Å². The first-order valence-electron chi connectivity index (χ1n) is 5.09. The maximum Gasteiger partial charge on any atom is 2.00 e. The minimum Gasteiger partial charge on any atom is -0.566 e. The Morgan fingerprint density at radius 2 is 1.18 bits per heavy atom. The second-order valence-electron chi connectivity index (χ2n) is 2.82. The van der Waals surface area contributed by atoms with Crippen LogP contribution in [0.4, 0.5) is 0 Å². The summed E-state index contributed by atoms with van der Waals surface area (Å²) in [6.07, 6.45) is 3.54. The predicted molar refractivity (Wildman–Crippen MR) is 56.9 cm³/mol. The van der Waals surface area contributed by atoms with E-state index in [1.54, 1.807) is 0 Å². The van der Waals surface area contributed by atoms with Gasteiger partial charge in [0.25, 0.3) is 0 Å². The van der Waals surface area contributed by atoms with Crippen LogP contribution in [-0.4, -0.2) is 13.2 Å². The minimum absolute atomic E-state index is 0. The molecule has 0 saturated heterocycles. The fraction of sp³-hybridized carbons (Fsp3) is 1.00. The Hall–Kier alpha value is 0.559. The molecule has 2 atom stereocenters. The van der Waals surface area contributed by atoms with Crippen molar-refractivity contribution >= 4 is 16.5 Å². The summed E-state index contributed by atoms with van der Waals surface area (Å²) in [6.45, 7) is 4.60. The summed E-state index contributed by atoms with van der Waals surface area (Å²) in [5, 5.41) is 0. The molecule has 0 rings (SSSR count). The molecule has 0 saturated carbocycles. The number of hydrogen-bond acceptors (Lipinski definition) is 6. The third-order valence-electron chi connectivity index (χ3n) is 1.39. The molecule has 0 N–H and O–H groups in total. The van der Waals surface area contributed by atoms with Gasteiger partial charge in [-0.1, -0.05) is 26.7 Å². The third-order valence-corrected chi connectivity index (χ3v) is 2.18. The Balaban J connectivity index is -0.000000218. The van der Waals surface area contributed by atoms with Crippen LogP contribution in [0.3, 0.4) is 0 Å². The molecule has 9 heteroatoms. The first-order chi connectivity index (χ1) is 7.54. The van der Waals surface area contributed by atoms with Crippen LogP contribution < -0.4 is 9.79 Å². The van der Waals surface area contributed by atoms with Gasteiger partial charge in [-0.05, 0) is 22.0 Å². The van der Waals surface area contributed by atoms with E-state index in [2.05, 4.69) is 9.05 Å². The second-order valence-corrected chi connectivity index (χ2v) is 4.23. The molecule has 6 nitrogen and oxygen atoms in total. The maximum absolute atomic E-state index is 9.69. The number of hydrogen-bond donors (Lipinski definition) is 0. The SMILES string of the molecule is CCCCO[P+](=O)[O-].CCCCO[P+](=O)[O-].[Cu+2]. The average Bonchev–Trinajstić information content (AvgIpc) is 2.18. The largest absolute Gasteiger partial charge is 2.00 e. The Morgan fingerprint density at radius 3 is 1.35 bits per heavy atom. The summed E-state index contributed by atoms with van der Waals surface area (Å²) in [5.74, 6) is 0. The molecule has 1 radical (unpaired) electrons. The fourth-order valence-corrected chi connectivity index (χ4v) is 1.12. The Kier molecular flexibility index (Phi) is 25.3. The minimum atomic E-state index is -2.61. The van der Waals surface area contributed by atoms with E-state index < -0.39 is 16.5 Å². The van der Waals surface area contributed by atoms with Crippen LogP contribution in [0, 0.1) is 0 Å². The first-order valence-corrected chi connectivity index (χ1v) is 7.28. The van der Waals surface area contributed by atoms with Crippen LogP contribution >= 0.6 is 16.5 Å². The summed E-state index contributed by atoms with van der Waals surface area (Å²) in [6, 6.07) is 0. The van der Waals surface area contributed by atoms with E-state index >= 15 is 0 Å². The average molecular weight is 336 g/mol. The summed E-state index contributed by atoms with van der Waals surface area (Å²) in [7, 11) is -5.22. The van der Waals surface area contributed by atoms with Gasteiger partial charge in [-0.2, -0.15) is 0 Å². The second kappa shape index (κ2) is 18.9. The van der Waals surface area contributed by atoms with Crippen molar-refractivity contribution < 1.29 is 45.0 Å². The van der Waals surface area contributed by atoms with Crippen molar-refractivity contribution in [3.63, 3.8) is 0 Å². The van der Waals surface area contributed by atoms with Crippen molar-refractivity contribution in [3.8, 4) is 0 Å². The topological polar surface area (TPSA) is 98.7 Å². The fourth-order valence-electron chi connectivity index (χ4n) is 0.567. The van der Waals surface area contributed by atoms with Gasteiger partial charge in [-0.3, -0.25) is 0 Å². The molecular formula is C8H18CuO6P2+2. The van der Waals surface area contributed by atoms with Gasteiger partial charge in [-0.25, -0.2) is 0 Å². The van der Waals surface area contributed by atoms with Crippen LogP contribution in [0.5, 0.6) is 0 Å². The normalized spacial score (nSPS) is 10.8. The molecule has 0 spiro atoms. The van der Waals surface area contributed by atoms with Crippen LogP contribution in [0.25, 0.3) is 0 Å². The Bertz CT molecular complexity index is 173. The first kappa shape index (κ1) is 22.7. The zero-order valence-electron chi connectivity index (χ0n) is 9.89. The molecule has 0 aromatic carbocycles. The van der Waals surface area contributed by atoms with Gasteiger partial charge in [0.15, 0.2) is 0 Å². The molecule has 0 bridgehead atoms. The van der Waals surface area contributed by atoms with Crippen LogP contribution in [-0.2, 0) is 35.2 Å². The van der Waals surface area contributed by atoms with Crippen LogP contribution in [0.2, 0.25) is 0 Å². The number of rotatable bonds is 8. The third kappa shape index (κ3) is 31.5. The summed E-state index contributed by atoms with van der Waals surface area (Å²) in [5.41, 5.74) is 0. The van der Waals surface area contributed by atoms with E-state index in [0.717, 1.165) is 25.7 Å². The van der Waals surface area contributed by atoms with Crippen molar-refractivity contribution in [2.75, 3.05) is 13.2 Å². The van der Waals surface area contributed by atoms with Crippen molar-refractivity contribution in [2.24, 2.45) is 0 Å². The summed E-state index contributed by atoms with van der Waals surface area (Å²) < 4.78 is 27.8. The van der Waals surface area contributed by atoms with Gasteiger partial charge >= 0.3 is 33.6 Å². The van der Waals surface area contributed by atoms with Gasteiger partial charge in [0, 0.05) is 0 Å². The van der Waals surface area contributed by atoms with Crippen molar-refractivity contribution in [1.29, 1.82) is 0 Å². The van der Waals surface area contributed by atoms with E-state index in [1.165, 1.54) is 0 Å². The quantitative estimate of drug-likeness (QED) is 0.380. The number of unbranched alkanes of at least 4 members (excludes halogenated alkanes) is 2. The summed E-state index contributed by atoms with van der Waals surface area (Å²) in [4.78, 5) is 19.4. The van der Waals surface area contributed by atoms with Gasteiger partial charge in [0.2, 0.25) is 0 Å². The van der Waals surface area contributed by atoms with Gasteiger partial charge in [0.1, 0.15) is 13.2 Å². The molecule has 0 amide bonds. The van der Waals surface area contributed by atoms with Crippen molar-refractivity contribution in [3.05, 3.63) is 0 Å². The monoisotopic (exact) mass is 335 g/mol. The molecule has 0 fully saturated rings. The Morgan fingerprint density at radius 1 is 0.882 bits per heavy atom. The van der Waals surface area contributed by atoms with E-state index in [9.17, 15) is 18.9 Å². The smallest absolute Gasteiger partial charge is 0.566 e. The van der Waals surface area contributed by atoms with Crippen LogP contribution in [0.15, 0.2) is 0 Å². The van der Waals surface area contributed by atoms with E-state index in [0.29, 0.717) is 13.2 Å². The zero-order valence-corrected chi connectivity index (χ0v) is 12.6. The molecule has 0 aromatic rings. The molecule has 105 valence electrons. The van der Waals surface area contributed by atoms with Gasteiger partial charge in [-0.15, -0.1) is 9.05 Å². The van der Waals surface area contributed by atoms with Crippen molar-refractivity contribution in [2.45, 2.75) is 39.5 Å². The molecule has 0 aromatic heterocycles. The summed E-state index contributed by atoms with van der Waals surface area (Å²) >= 11 is 0. The Labute approximate surface area is 114 Å². The maximum atomic E-state index is 9.69. The standard InChI is InChI=1S/2C4H9O3P.Cu/c2*1-2-3-4-7-8(5)6;/h2*2-4H2,1H3;/q;;+2. The molecule has 0 heterocycles. The molecule has 2 unspecified atom stereocenters. The molecule has 0 aliphatic rings. The molecular weight excluding hydrogens is 318 g/mol. The van der Waals surface area contributed by atoms with Crippen molar-refractivity contribution in [1.82, 2.24) is 0 Å².